The number of rotatable bonds is 10. The third-order valence-corrected chi connectivity index (χ3v) is 7.37. The van der Waals surface area contributed by atoms with Gasteiger partial charge in [-0.05, 0) is 48.6 Å². The van der Waals surface area contributed by atoms with E-state index < -0.39 is 12.0 Å². The van der Waals surface area contributed by atoms with Crippen LogP contribution in [0.2, 0.25) is 5.02 Å². The van der Waals surface area contributed by atoms with E-state index in [4.69, 9.17) is 11.6 Å². The van der Waals surface area contributed by atoms with Crippen molar-refractivity contribution in [2.45, 2.75) is 43.8 Å². The maximum atomic E-state index is 13.8. The number of pyridine rings is 2. The maximum absolute atomic E-state index is 13.8. The van der Waals surface area contributed by atoms with Gasteiger partial charge in [-0.3, -0.25) is 4.98 Å². The van der Waals surface area contributed by atoms with Crippen LogP contribution in [0.15, 0.2) is 73.2 Å². The molecule has 2 N–H and O–H groups in total. The van der Waals surface area contributed by atoms with Crippen molar-refractivity contribution in [2.75, 3.05) is 10.6 Å². The van der Waals surface area contributed by atoms with Crippen molar-refractivity contribution in [3.05, 3.63) is 107 Å². The lowest BCUT2D eigenvalue weighted by molar-refractivity contribution is 0.581. The largest absolute Gasteiger partial charge is 0.377 e. The number of nitrogens with one attached hydrogen (secondary N) is 2. The van der Waals surface area contributed by atoms with Gasteiger partial charge in [0.05, 0.1) is 53.5 Å². The molecule has 2 aromatic carbocycles. The summed E-state index contributed by atoms with van der Waals surface area (Å²) < 4.78 is 25.1. The van der Waals surface area contributed by atoms with E-state index in [0.717, 1.165) is 18.4 Å². The Morgan fingerprint density at radius 1 is 1.07 bits per heavy atom. The molecular weight excluding hydrogens is 553 g/mol. The Morgan fingerprint density at radius 2 is 1.90 bits per heavy atom. The number of anilines is 2. The fraction of sp³-hybridized carbons (Fsp3) is 0.226. The fourth-order valence-electron chi connectivity index (χ4n) is 4.82. The highest BCUT2D eigenvalue weighted by molar-refractivity contribution is 6.35. The zero-order chi connectivity index (χ0) is 30.0. The molecule has 42 heavy (non-hydrogen) atoms. The Balaban J connectivity index is 1.45. The Labute approximate surface area is 248 Å². The number of nitriles is 2. The van der Waals surface area contributed by atoms with Gasteiger partial charge in [-0.25, -0.2) is 9.67 Å². The summed E-state index contributed by atoms with van der Waals surface area (Å²) in [5.74, 6) is -0.670. The van der Waals surface area contributed by atoms with Crippen molar-refractivity contribution in [3.63, 3.8) is 0 Å². The second kappa shape index (κ2) is 11.8. The van der Waals surface area contributed by atoms with Crippen LogP contribution in [-0.2, 0) is 0 Å². The molecule has 0 bridgehead atoms. The van der Waals surface area contributed by atoms with E-state index in [9.17, 15) is 16.3 Å². The maximum Gasteiger partial charge on any atom is 0.212 e. The number of hydrogen-bond donors (Lipinski definition) is 2. The summed E-state index contributed by atoms with van der Waals surface area (Å²) in [6, 6.07) is 18.4. The molecule has 0 saturated heterocycles. The highest BCUT2D eigenvalue weighted by Crippen LogP contribution is 2.38. The normalized spacial score (nSPS) is 15.2. The first kappa shape index (κ1) is 25.9. The average molecular weight is 579 g/mol. The van der Waals surface area contributed by atoms with E-state index in [1.54, 1.807) is 23.0 Å². The molecule has 3 heterocycles. The average Bonchev–Trinajstić information content (AvgIpc) is 3.75. The van der Waals surface area contributed by atoms with E-state index in [1.807, 2.05) is 30.3 Å². The standard InChI is InChI=1S/C31H25ClFN9/c32-25-14-22(38-30(20-8-11-28(33)36-16-20)27-18-42(41-40-27)23-9-10-23)13-24-29(21(15-35)17-37-31(24)25)39-26(7-4-12-34)19-5-2-1-3-6-19/h1-3,5-6,8,11,13-14,16-18,23,26,30,38H,4,7,9-10H2,(H,37,39)/i30D. The van der Waals surface area contributed by atoms with Gasteiger partial charge in [0.2, 0.25) is 5.95 Å². The summed E-state index contributed by atoms with van der Waals surface area (Å²) in [6.45, 7) is 0. The lowest BCUT2D eigenvalue weighted by Gasteiger charge is -2.23. The quantitative estimate of drug-likeness (QED) is 0.172. The molecule has 1 aliphatic carbocycles. The van der Waals surface area contributed by atoms with Gasteiger partial charge in [-0.1, -0.05) is 53.2 Å². The molecule has 2 atom stereocenters. The van der Waals surface area contributed by atoms with Gasteiger partial charge in [0.1, 0.15) is 11.8 Å². The van der Waals surface area contributed by atoms with Gasteiger partial charge in [0.15, 0.2) is 0 Å². The molecule has 2 unspecified atom stereocenters. The summed E-state index contributed by atoms with van der Waals surface area (Å²) in [4.78, 5) is 8.22. The molecule has 9 nitrogen and oxygen atoms in total. The van der Waals surface area contributed by atoms with Gasteiger partial charge in [-0.2, -0.15) is 14.9 Å². The molecule has 3 aromatic heterocycles. The highest BCUT2D eigenvalue weighted by Gasteiger charge is 2.27. The van der Waals surface area contributed by atoms with Crippen LogP contribution in [-0.4, -0.2) is 25.0 Å². The van der Waals surface area contributed by atoms with Crippen molar-refractivity contribution in [3.8, 4) is 12.1 Å². The monoisotopic (exact) mass is 578 g/mol. The van der Waals surface area contributed by atoms with E-state index in [1.165, 1.54) is 24.5 Å². The second-order valence-corrected chi connectivity index (χ2v) is 10.4. The van der Waals surface area contributed by atoms with Crippen molar-refractivity contribution in [1.29, 1.82) is 10.5 Å². The van der Waals surface area contributed by atoms with Crippen LogP contribution >= 0.6 is 11.6 Å². The van der Waals surface area contributed by atoms with Gasteiger partial charge < -0.3 is 10.6 Å². The topological polar surface area (TPSA) is 128 Å². The molecule has 0 amide bonds. The van der Waals surface area contributed by atoms with Crippen LogP contribution in [0.4, 0.5) is 15.8 Å². The van der Waals surface area contributed by atoms with Crippen LogP contribution in [0.5, 0.6) is 0 Å². The molecule has 208 valence electrons. The summed E-state index contributed by atoms with van der Waals surface area (Å²) in [7, 11) is 0. The van der Waals surface area contributed by atoms with Crippen LogP contribution in [0.3, 0.4) is 0 Å². The molecule has 1 aliphatic rings. The Morgan fingerprint density at radius 3 is 2.62 bits per heavy atom. The summed E-state index contributed by atoms with van der Waals surface area (Å²) in [6.07, 6.45) is 7.25. The molecule has 1 saturated carbocycles. The molecule has 0 radical (unpaired) electrons. The summed E-state index contributed by atoms with van der Waals surface area (Å²) >= 11 is 6.75. The molecule has 6 rings (SSSR count). The van der Waals surface area contributed by atoms with Gasteiger partial charge in [0, 0.05) is 29.9 Å². The van der Waals surface area contributed by atoms with Crippen molar-refractivity contribution in [2.24, 2.45) is 0 Å². The molecule has 0 spiro atoms. The van der Waals surface area contributed by atoms with Crippen molar-refractivity contribution < 1.29 is 5.76 Å². The second-order valence-electron chi connectivity index (χ2n) is 10.0. The Hall–Kier alpha value is -5.06. The number of benzene rings is 2. The number of nitrogens with zero attached hydrogens (tertiary/aromatic N) is 7. The van der Waals surface area contributed by atoms with Crippen LogP contribution < -0.4 is 10.6 Å². The van der Waals surface area contributed by atoms with E-state index >= 15 is 0 Å². The predicted octanol–water partition coefficient (Wildman–Crippen LogP) is 6.88. The number of hydrogen-bond acceptors (Lipinski definition) is 8. The number of fused-ring (bicyclic) bond motifs is 1. The summed E-state index contributed by atoms with van der Waals surface area (Å²) in [5, 5.41) is 35.4. The first-order chi connectivity index (χ1) is 20.9. The minimum atomic E-state index is -1.71. The summed E-state index contributed by atoms with van der Waals surface area (Å²) in [5.41, 5.74) is 3.29. The number of aromatic nitrogens is 5. The smallest absolute Gasteiger partial charge is 0.212 e. The third kappa shape index (κ3) is 5.71. The molecule has 11 heteroatoms. The lowest BCUT2D eigenvalue weighted by Crippen LogP contribution is -2.14. The molecule has 1 fully saturated rings. The third-order valence-electron chi connectivity index (χ3n) is 7.08. The van der Waals surface area contributed by atoms with Crippen molar-refractivity contribution >= 4 is 33.9 Å². The zero-order valence-corrected chi connectivity index (χ0v) is 23.1. The first-order valence-corrected chi connectivity index (χ1v) is 13.8. The Bertz CT molecular complexity index is 1860. The first-order valence-electron chi connectivity index (χ1n) is 13.9. The van der Waals surface area contributed by atoms with Crippen LogP contribution in [0.1, 0.15) is 67.5 Å². The van der Waals surface area contributed by atoms with Crippen molar-refractivity contribution in [1.82, 2.24) is 25.0 Å². The van der Waals surface area contributed by atoms with Gasteiger partial charge in [0.25, 0.3) is 0 Å². The zero-order valence-electron chi connectivity index (χ0n) is 23.3. The van der Waals surface area contributed by atoms with Gasteiger partial charge in [-0.15, -0.1) is 5.10 Å². The number of halogens is 2. The lowest BCUT2D eigenvalue weighted by atomic mass is 10.00. The van der Waals surface area contributed by atoms with E-state index in [2.05, 4.69) is 43.1 Å². The van der Waals surface area contributed by atoms with Gasteiger partial charge >= 0.3 is 0 Å². The minimum Gasteiger partial charge on any atom is -0.377 e. The van der Waals surface area contributed by atoms with Crippen LogP contribution in [0.25, 0.3) is 10.9 Å². The Kier molecular flexibility index (Phi) is 7.28. The van der Waals surface area contributed by atoms with E-state index in [-0.39, 0.29) is 12.1 Å². The SMILES string of the molecule is [2H]C(Nc1cc(Cl)c2ncc(C#N)c(NC(CCC#N)c3ccccc3)c2c1)(c1ccc(F)nc1)c1cn(C2CC2)nn1. The molecule has 5 aromatic rings. The van der Waals surface area contributed by atoms with E-state index in [0.29, 0.717) is 57.0 Å². The minimum absolute atomic E-state index is 0.245. The molecule has 0 aliphatic heterocycles. The van der Waals surface area contributed by atoms with Crippen LogP contribution in [0, 0.1) is 28.6 Å². The predicted molar refractivity (Wildman–Crippen MR) is 157 cm³/mol. The highest BCUT2D eigenvalue weighted by atomic mass is 35.5. The molecular formula is C31H25ClFN9. The fourth-order valence-corrected chi connectivity index (χ4v) is 5.09.